The van der Waals surface area contributed by atoms with Crippen molar-refractivity contribution >= 4 is 17.1 Å². The summed E-state index contributed by atoms with van der Waals surface area (Å²) in [7, 11) is 0. The molecule has 1 aliphatic heterocycles. The summed E-state index contributed by atoms with van der Waals surface area (Å²) in [5.74, 6) is 0.124. The monoisotopic (exact) mass is 333 g/mol. The largest absolute Gasteiger partial charge is 0.365 e. The second-order valence-electron chi connectivity index (χ2n) is 6.89. The normalized spacial score (nSPS) is 17.9. The molecule has 25 heavy (non-hydrogen) atoms. The van der Waals surface area contributed by atoms with Crippen molar-refractivity contribution in [3.05, 3.63) is 72.1 Å². The Morgan fingerprint density at radius 2 is 1.96 bits per heavy atom. The van der Waals surface area contributed by atoms with E-state index in [4.69, 9.17) is 0 Å². The number of carbonyl (C=O) groups excluding carboxylic acids is 1. The third-order valence-corrected chi connectivity index (χ3v) is 5.00. The molecule has 1 unspecified atom stereocenters. The number of anilines is 1. The van der Waals surface area contributed by atoms with Crippen LogP contribution in [0.2, 0.25) is 0 Å². The van der Waals surface area contributed by atoms with Crippen LogP contribution in [-0.4, -0.2) is 40.9 Å². The summed E-state index contributed by atoms with van der Waals surface area (Å²) >= 11 is 0. The second-order valence-corrected chi connectivity index (χ2v) is 6.89. The minimum absolute atomic E-state index is 0.124. The summed E-state index contributed by atoms with van der Waals surface area (Å²) in [5, 5.41) is 0. The van der Waals surface area contributed by atoms with Crippen LogP contribution in [0.5, 0.6) is 0 Å². The maximum absolute atomic E-state index is 12.9. The molecule has 4 heteroatoms. The zero-order valence-electron chi connectivity index (χ0n) is 14.7. The van der Waals surface area contributed by atoms with E-state index in [-0.39, 0.29) is 5.91 Å². The first-order valence-corrected chi connectivity index (χ1v) is 8.81. The Labute approximate surface area is 148 Å². The van der Waals surface area contributed by atoms with Gasteiger partial charge < -0.3 is 14.2 Å². The number of carbonyl (C=O) groups is 1. The quantitative estimate of drug-likeness (QED) is 0.717. The number of benzene rings is 1. The number of piperazine rings is 1. The van der Waals surface area contributed by atoms with Crippen molar-refractivity contribution in [3.63, 3.8) is 0 Å². The molecule has 4 rings (SSSR count). The molecule has 2 aromatic heterocycles. The number of hydrogen-bond acceptors (Lipinski definition) is 2. The molecule has 3 heterocycles. The van der Waals surface area contributed by atoms with Gasteiger partial charge in [0.2, 0.25) is 0 Å². The lowest BCUT2D eigenvalue weighted by atomic mass is 10.1. The minimum atomic E-state index is 0.124. The summed E-state index contributed by atoms with van der Waals surface area (Å²) in [4.78, 5) is 17.3. The second kappa shape index (κ2) is 6.28. The molecule has 1 saturated heterocycles. The van der Waals surface area contributed by atoms with Crippen molar-refractivity contribution in [1.82, 2.24) is 9.30 Å². The Kier molecular flexibility index (Phi) is 3.96. The third kappa shape index (κ3) is 3.00. The standard InChI is InChI=1S/C21H23N3O/c1-16-6-5-8-20(12-16)24-11-10-23(14-17(24)2)21(25)18-13-19-7-3-4-9-22(19)15-18/h3-9,12-13,15,17H,10-11,14H2,1-2H3. The van der Waals surface area contributed by atoms with Crippen LogP contribution in [0.4, 0.5) is 5.69 Å². The van der Waals surface area contributed by atoms with Gasteiger partial charge in [-0.3, -0.25) is 4.79 Å². The van der Waals surface area contributed by atoms with Gasteiger partial charge in [0.25, 0.3) is 5.91 Å². The van der Waals surface area contributed by atoms with E-state index >= 15 is 0 Å². The number of amides is 1. The van der Waals surface area contributed by atoms with Crippen molar-refractivity contribution in [2.45, 2.75) is 19.9 Å². The molecule has 1 atom stereocenters. The average molecular weight is 333 g/mol. The Balaban J connectivity index is 1.51. The van der Waals surface area contributed by atoms with Gasteiger partial charge in [-0.15, -0.1) is 0 Å². The Bertz CT molecular complexity index is 881. The first kappa shape index (κ1) is 15.8. The zero-order chi connectivity index (χ0) is 17.4. The van der Waals surface area contributed by atoms with Crippen LogP contribution in [0.3, 0.4) is 0 Å². The van der Waals surface area contributed by atoms with Gasteiger partial charge in [0.1, 0.15) is 0 Å². The van der Waals surface area contributed by atoms with E-state index in [9.17, 15) is 4.79 Å². The molecule has 128 valence electrons. The molecule has 1 aliphatic rings. The molecule has 0 aliphatic carbocycles. The fourth-order valence-corrected chi connectivity index (χ4v) is 3.69. The molecule has 0 saturated carbocycles. The number of aryl methyl sites for hydroxylation is 1. The van der Waals surface area contributed by atoms with Crippen molar-refractivity contribution in [1.29, 1.82) is 0 Å². The Morgan fingerprint density at radius 1 is 1.08 bits per heavy atom. The zero-order valence-corrected chi connectivity index (χ0v) is 14.7. The summed E-state index contributed by atoms with van der Waals surface area (Å²) in [6.07, 6.45) is 3.90. The number of hydrogen-bond donors (Lipinski definition) is 0. The Morgan fingerprint density at radius 3 is 2.72 bits per heavy atom. The molecule has 0 bridgehead atoms. The van der Waals surface area contributed by atoms with Crippen molar-refractivity contribution in [2.75, 3.05) is 24.5 Å². The number of fused-ring (bicyclic) bond motifs is 1. The lowest BCUT2D eigenvalue weighted by Gasteiger charge is -2.41. The van der Waals surface area contributed by atoms with Crippen LogP contribution in [0, 0.1) is 6.92 Å². The maximum atomic E-state index is 12.9. The highest BCUT2D eigenvalue weighted by Gasteiger charge is 2.28. The highest BCUT2D eigenvalue weighted by molar-refractivity contribution is 5.95. The number of nitrogens with zero attached hydrogens (tertiary/aromatic N) is 3. The molecule has 0 radical (unpaired) electrons. The average Bonchev–Trinajstić information content (AvgIpc) is 3.05. The van der Waals surface area contributed by atoms with E-state index in [2.05, 4.69) is 43.0 Å². The van der Waals surface area contributed by atoms with Gasteiger partial charge >= 0.3 is 0 Å². The highest BCUT2D eigenvalue weighted by Crippen LogP contribution is 2.23. The van der Waals surface area contributed by atoms with Gasteiger partial charge in [-0.05, 0) is 49.7 Å². The molecule has 3 aromatic rings. The van der Waals surface area contributed by atoms with E-state index in [1.54, 1.807) is 0 Å². The minimum Gasteiger partial charge on any atom is -0.365 e. The van der Waals surface area contributed by atoms with Gasteiger partial charge in [0.05, 0.1) is 5.56 Å². The van der Waals surface area contributed by atoms with Crippen molar-refractivity contribution < 1.29 is 4.79 Å². The summed E-state index contributed by atoms with van der Waals surface area (Å²) < 4.78 is 2.00. The van der Waals surface area contributed by atoms with Crippen molar-refractivity contribution in [2.24, 2.45) is 0 Å². The van der Waals surface area contributed by atoms with Crippen molar-refractivity contribution in [3.8, 4) is 0 Å². The summed E-state index contributed by atoms with van der Waals surface area (Å²) in [6, 6.07) is 16.9. The number of pyridine rings is 1. The van der Waals surface area contributed by atoms with Crippen LogP contribution in [0.1, 0.15) is 22.8 Å². The lowest BCUT2D eigenvalue weighted by molar-refractivity contribution is 0.0726. The summed E-state index contributed by atoms with van der Waals surface area (Å²) in [6.45, 7) is 6.68. The molecule has 1 amide bonds. The van der Waals surface area contributed by atoms with Crippen LogP contribution >= 0.6 is 0 Å². The predicted octanol–water partition coefficient (Wildman–Crippen LogP) is 3.60. The highest BCUT2D eigenvalue weighted by atomic mass is 16.2. The number of rotatable bonds is 2. The number of aromatic nitrogens is 1. The van der Waals surface area contributed by atoms with E-state index < -0.39 is 0 Å². The van der Waals surface area contributed by atoms with Gasteiger partial charge in [0.15, 0.2) is 0 Å². The fraction of sp³-hybridized carbons (Fsp3) is 0.286. The smallest absolute Gasteiger partial charge is 0.255 e. The Hall–Kier alpha value is -2.75. The molecule has 1 fully saturated rings. The molecular weight excluding hydrogens is 310 g/mol. The third-order valence-electron chi connectivity index (χ3n) is 5.00. The maximum Gasteiger partial charge on any atom is 0.255 e. The van der Waals surface area contributed by atoms with Gasteiger partial charge in [-0.2, -0.15) is 0 Å². The molecule has 1 aromatic carbocycles. The topological polar surface area (TPSA) is 28.0 Å². The first-order chi connectivity index (χ1) is 12.1. The SMILES string of the molecule is Cc1cccc(N2CCN(C(=O)c3cc4ccccn4c3)CC2C)c1. The first-order valence-electron chi connectivity index (χ1n) is 8.81. The summed E-state index contributed by atoms with van der Waals surface area (Å²) in [5.41, 5.74) is 4.33. The van der Waals surface area contributed by atoms with Crippen LogP contribution < -0.4 is 4.90 Å². The van der Waals surface area contributed by atoms with Gasteiger partial charge in [0, 0.05) is 49.3 Å². The predicted molar refractivity (Wildman–Crippen MR) is 101 cm³/mol. The van der Waals surface area contributed by atoms with Crippen LogP contribution in [-0.2, 0) is 0 Å². The van der Waals surface area contributed by atoms with Crippen LogP contribution in [0.15, 0.2) is 60.9 Å². The van der Waals surface area contributed by atoms with Gasteiger partial charge in [-0.25, -0.2) is 0 Å². The lowest BCUT2D eigenvalue weighted by Crippen LogP contribution is -2.53. The van der Waals surface area contributed by atoms with Crippen LogP contribution in [0.25, 0.3) is 5.52 Å². The van der Waals surface area contributed by atoms with E-state index in [1.165, 1.54) is 11.3 Å². The molecular formula is C21H23N3O. The van der Waals surface area contributed by atoms with E-state index in [0.717, 1.165) is 30.7 Å². The van der Waals surface area contributed by atoms with E-state index in [1.807, 2.05) is 46.0 Å². The molecule has 4 nitrogen and oxygen atoms in total. The van der Waals surface area contributed by atoms with E-state index in [0.29, 0.717) is 6.04 Å². The molecule has 0 N–H and O–H groups in total. The van der Waals surface area contributed by atoms with Gasteiger partial charge in [-0.1, -0.05) is 18.2 Å². The fourth-order valence-electron chi connectivity index (χ4n) is 3.69. The molecule has 0 spiro atoms.